The normalized spacial score (nSPS) is 45.1. The summed E-state index contributed by atoms with van der Waals surface area (Å²) < 4.78 is 11.4. The van der Waals surface area contributed by atoms with Crippen molar-refractivity contribution in [3.63, 3.8) is 0 Å². The van der Waals surface area contributed by atoms with E-state index in [2.05, 4.69) is 25.1 Å². The molecule has 1 spiro atoms. The Balaban J connectivity index is 1.51. The van der Waals surface area contributed by atoms with E-state index in [1.165, 1.54) is 38.5 Å². The number of rotatable bonds is 1. The minimum Gasteiger partial charge on any atom is -0.497 e. The molecule has 0 unspecified atom stereocenters. The van der Waals surface area contributed by atoms with Gasteiger partial charge in [0.2, 0.25) is 0 Å². The summed E-state index contributed by atoms with van der Waals surface area (Å²) in [7, 11) is 1.77. The number of benzene rings is 1. The summed E-state index contributed by atoms with van der Waals surface area (Å²) in [6.07, 6.45) is 8.00. The maximum absolute atomic E-state index is 5.99. The first-order valence-corrected chi connectivity index (χ1v) is 8.98. The molecule has 1 aromatic rings. The largest absolute Gasteiger partial charge is 0.497 e. The third-order valence-electron chi connectivity index (χ3n) is 7.72. The second-order valence-corrected chi connectivity index (χ2v) is 8.26. The lowest BCUT2D eigenvalue weighted by Crippen LogP contribution is -2.45. The molecule has 2 heteroatoms. The van der Waals surface area contributed by atoms with E-state index in [1.807, 2.05) is 0 Å². The Morgan fingerprint density at radius 2 is 2.05 bits per heavy atom. The van der Waals surface area contributed by atoms with Crippen LogP contribution in [-0.4, -0.2) is 19.3 Å². The average molecular weight is 298 g/mol. The van der Waals surface area contributed by atoms with Crippen molar-refractivity contribution >= 4 is 0 Å². The van der Waals surface area contributed by atoms with Gasteiger partial charge in [-0.15, -0.1) is 0 Å². The lowest BCUT2D eigenvalue weighted by molar-refractivity contribution is 0.0121. The Labute approximate surface area is 133 Å². The maximum atomic E-state index is 5.99. The topological polar surface area (TPSA) is 21.8 Å². The molecule has 2 saturated carbocycles. The molecule has 0 radical (unpaired) electrons. The molecule has 5 atom stereocenters. The second-order valence-electron chi connectivity index (χ2n) is 8.26. The van der Waals surface area contributed by atoms with Crippen LogP contribution in [0.1, 0.15) is 56.1 Å². The number of ether oxygens (including phenoxy) is 2. The Hall–Kier alpha value is -1.02. The summed E-state index contributed by atoms with van der Waals surface area (Å²) in [4.78, 5) is 0. The fraction of sp³-hybridized carbons (Fsp3) is 0.700. The van der Waals surface area contributed by atoms with E-state index in [4.69, 9.17) is 9.47 Å². The first-order valence-electron chi connectivity index (χ1n) is 8.98. The lowest BCUT2D eigenvalue weighted by atomic mass is 9.54. The molecular formula is C20H26O2. The van der Waals surface area contributed by atoms with Crippen molar-refractivity contribution in [3.05, 3.63) is 29.3 Å². The quantitative estimate of drug-likeness (QED) is 0.720. The molecule has 0 bridgehead atoms. The van der Waals surface area contributed by atoms with E-state index >= 15 is 0 Å². The summed E-state index contributed by atoms with van der Waals surface area (Å²) in [6.45, 7) is 3.57. The highest BCUT2D eigenvalue weighted by molar-refractivity contribution is 5.41. The molecule has 0 amide bonds. The van der Waals surface area contributed by atoms with Gasteiger partial charge in [-0.1, -0.05) is 13.0 Å². The number of hydrogen-bond donors (Lipinski definition) is 0. The van der Waals surface area contributed by atoms with Gasteiger partial charge in [0.25, 0.3) is 0 Å². The zero-order valence-corrected chi connectivity index (χ0v) is 13.7. The second kappa shape index (κ2) is 4.29. The van der Waals surface area contributed by atoms with Gasteiger partial charge >= 0.3 is 0 Å². The fourth-order valence-electron chi connectivity index (χ4n) is 6.34. The van der Waals surface area contributed by atoms with Gasteiger partial charge < -0.3 is 9.47 Å². The molecule has 2 nitrogen and oxygen atoms in total. The molecule has 3 fully saturated rings. The van der Waals surface area contributed by atoms with Gasteiger partial charge in [-0.3, -0.25) is 0 Å². The van der Waals surface area contributed by atoms with Crippen LogP contribution in [0.2, 0.25) is 0 Å². The molecular weight excluding hydrogens is 272 g/mol. The lowest BCUT2D eigenvalue weighted by Gasteiger charge is -2.50. The van der Waals surface area contributed by atoms with Crippen molar-refractivity contribution in [3.8, 4) is 5.75 Å². The fourth-order valence-corrected chi connectivity index (χ4v) is 6.34. The van der Waals surface area contributed by atoms with Gasteiger partial charge in [0, 0.05) is 5.41 Å². The summed E-state index contributed by atoms with van der Waals surface area (Å²) in [5.74, 6) is 3.55. The molecule has 1 aliphatic heterocycles. The zero-order chi connectivity index (χ0) is 14.9. The predicted molar refractivity (Wildman–Crippen MR) is 86.3 cm³/mol. The molecule has 3 aliphatic carbocycles. The molecule has 22 heavy (non-hydrogen) atoms. The van der Waals surface area contributed by atoms with Gasteiger partial charge in [-0.05, 0) is 79.5 Å². The Morgan fingerprint density at radius 3 is 2.82 bits per heavy atom. The Morgan fingerprint density at radius 1 is 1.18 bits per heavy atom. The number of epoxide rings is 1. The molecule has 5 rings (SSSR count). The van der Waals surface area contributed by atoms with E-state index < -0.39 is 0 Å². The number of fused-ring (bicyclic) bond motifs is 6. The van der Waals surface area contributed by atoms with E-state index in [0.717, 1.165) is 30.1 Å². The van der Waals surface area contributed by atoms with Crippen LogP contribution in [0.25, 0.3) is 0 Å². The summed E-state index contributed by atoms with van der Waals surface area (Å²) in [5.41, 5.74) is 3.90. The van der Waals surface area contributed by atoms with Crippen molar-refractivity contribution in [1.29, 1.82) is 0 Å². The third-order valence-corrected chi connectivity index (χ3v) is 7.72. The van der Waals surface area contributed by atoms with Crippen LogP contribution in [0.3, 0.4) is 0 Å². The van der Waals surface area contributed by atoms with E-state index in [1.54, 1.807) is 18.2 Å². The van der Waals surface area contributed by atoms with Gasteiger partial charge in [0.1, 0.15) is 5.75 Å². The maximum Gasteiger partial charge on any atom is 0.119 e. The van der Waals surface area contributed by atoms with Gasteiger partial charge in [0.15, 0.2) is 0 Å². The first-order chi connectivity index (χ1) is 10.7. The van der Waals surface area contributed by atoms with Crippen molar-refractivity contribution in [2.24, 2.45) is 17.3 Å². The predicted octanol–water partition coefficient (Wildman–Crippen LogP) is 4.32. The molecule has 4 aliphatic rings. The van der Waals surface area contributed by atoms with Crippen LogP contribution in [0.15, 0.2) is 18.2 Å². The molecule has 1 saturated heterocycles. The SMILES string of the molecule is COc1ccc2c(c1)CC[C@@H]1[C@@H]2CC[C@@]2(C)[C@H]1CC[C@]21CO1. The summed E-state index contributed by atoms with van der Waals surface area (Å²) in [6, 6.07) is 6.79. The first kappa shape index (κ1) is 13.4. The van der Waals surface area contributed by atoms with Gasteiger partial charge in [0.05, 0.1) is 19.3 Å². The van der Waals surface area contributed by atoms with Crippen LogP contribution in [0.5, 0.6) is 5.75 Å². The molecule has 1 aromatic carbocycles. The Kier molecular flexibility index (Phi) is 2.61. The van der Waals surface area contributed by atoms with Crippen molar-refractivity contribution in [2.45, 2.75) is 57.0 Å². The number of methoxy groups -OCH3 is 1. The summed E-state index contributed by atoms with van der Waals surface area (Å²) in [5, 5.41) is 0. The third kappa shape index (κ3) is 1.55. The highest BCUT2D eigenvalue weighted by Crippen LogP contribution is 2.68. The average Bonchev–Trinajstić information content (AvgIpc) is 3.28. The van der Waals surface area contributed by atoms with Crippen LogP contribution in [-0.2, 0) is 11.2 Å². The van der Waals surface area contributed by atoms with E-state index in [-0.39, 0.29) is 5.60 Å². The van der Waals surface area contributed by atoms with Crippen molar-refractivity contribution in [2.75, 3.05) is 13.7 Å². The van der Waals surface area contributed by atoms with E-state index in [9.17, 15) is 0 Å². The number of hydrogen-bond acceptors (Lipinski definition) is 2. The monoisotopic (exact) mass is 298 g/mol. The van der Waals surface area contributed by atoms with Crippen LogP contribution >= 0.6 is 0 Å². The zero-order valence-electron chi connectivity index (χ0n) is 13.7. The number of aryl methyl sites for hydroxylation is 1. The van der Waals surface area contributed by atoms with Crippen LogP contribution in [0, 0.1) is 17.3 Å². The van der Waals surface area contributed by atoms with Crippen LogP contribution in [0.4, 0.5) is 0 Å². The minimum absolute atomic E-state index is 0.281. The molecule has 118 valence electrons. The highest BCUT2D eigenvalue weighted by Gasteiger charge is 2.68. The molecule has 0 N–H and O–H groups in total. The van der Waals surface area contributed by atoms with Gasteiger partial charge in [-0.25, -0.2) is 0 Å². The van der Waals surface area contributed by atoms with Crippen LogP contribution < -0.4 is 4.74 Å². The van der Waals surface area contributed by atoms with Gasteiger partial charge in [-0.2, -0.15) is 0 Å². The molecule has 0 aromatic heterocycles. The minimum atomic E-state index is 0.281. The van der Waals surface area contributed by atoms with E-state index in [0.29, 0.717) is 5.41 Å². The highest BCUT2D eigenvalue weighted by atomic mass is 16.6. The Bertz CT molecular complexity index is 618. The van der Waals surface area contributed by atoms with Crippen molar-refractivity contribution < 1.29 is 9.47 Å². The summed E-state index contributed by atoms with van der Waals surface area (Å²) >= 11 is 0. The van der Waals surface area contributed by atoms with Crippen molar-refractivity contribution in [1.82, 2.24) is 0 Å². The smallest absolute Gasteiger partial charge is 0.119 e. The standard InChI is InChI=1S/C20H26O2/c1-19-9-7-16-15-6-4-14(21-2)11-13(15)3-5-17(16)18(19)8-10-20(19)12-22-20/h4,6,11,16-18H,3,5,7-10,12H2,1-2H3/t16-,17-,18+,19+,20+/m1/s1. The molecule has 1 heterocycles.